The van der Waals surface area contributed by atoms with Crippen molar-refractivity contribution in [1.29, 1.82) is 0 Å². The Hall–Kier alpha value is -0.620. The minimum absolute atomic E-state index is 0.0770. The molecule has 0 aromatic rings. The fourth-order valence-electron chi connectivity index (χ4n) is 1.12. The molecule has 1 amide bonds. The molecule has 0 spiro atoms. The smallest absolute Gasteiger partial charge is 0.234 e. The van der Waals surface area contributed by atoms with E-state index in [2.05, 4.69) is 10.6 Å². The Labute approximate surface area is 97.9 Å². The Balaban J connectivity index is 3.57. The van der Waals surface area contributed by atoms with Crippen LogP contribution in [0.5, 0.6) is 0 Å². The molecule has 0 unspecified atom stereocenters. The molecule has 0 aliphatic carbocycles. The zero-order chi connectivity index (χ0) is 12.8. The molecule has 0 aromatic carbocycles. The Bertz CT molecular complexity index is 317. The van der Waals surface area contributed by atoms with Crippen LogP contribution in [0.15, 0.2) is 0 Å². The largest absolute Gasteiger partial charge is 0.350 e. The standard InChI is InChI=1S/C10H22N2O3S/c1-10(2,3)12-9(13)8-11-6-5-7-16(4,14)15/h11H,5-8H2,1-4H3,(H,12,13). The van der Waals surface area contributed by atoms with Crippen LogP contribution in [0.2, 0.25) is 0 Å². The van der Waals surface area contributed by atoms with Gasteiger partial charge in [-0.2, -0.15) is 0 Å². The van der Waals surface area contributed by atoms with E-state index in [1.54, 1.807) is 0 Å². The van der Waals surface area contributed by atoms with E-state index in [-0.39, 0.29) is 23.7 Å². The molecule has 0 aromatic heterocycles. The van der Waals surface area contributed by atoms with Crippen molar-refractivity contribution < 1.29 is 13.2 Å². The lowest BCUT2D eigenvalue weighted by Crippen LogP contribution is -2.45. The van der Waals surface area contributed by atoms with Crippen LogP contribution in [0, 0.1) is 0 Å². The van der Waals surface area contributed by atoms with E-state index in [0.29, 0.717) is 13.0 Å². The highest BCUT2D eigenvalue weighted by atomic mass is 32.2. The quantitative estimate of drug-likeness (QED) is 0.647. The molecule has 0 aliphatic heterocycles. The van der Waals surface area contributed by atoms with Gasteiger partial charge in [0.25, 0.3) is 0 Å². The zero-order valence-corrected chi connectivity index (χ0v) is 11.3. The molecule has 2 N–H and O–H groups in total. The van der Waals surface area contributed by atoms with Gasteiger partial charge >= 0.3 is 0 Å². The summed E-state index contributed by atoms with van der Waals surface area (Å²) in [5, 5.41) is 5.71. The molecule has 96 valence electrons. The predicted molar refractivity (Wildman–Crippen MR) is 65.1 cm³/mol. The van der Waals surface area contributed by atoms with Crippen molar-refractivity contribution in [3.63, 3.8) is 0 Å². The second kappa shape index (κ2) is 6.20. The first-order valence-corrected chi connectivity index (χ1v) is 7.36. The summed E-state index contributed by atoms with van der Waals surface area (Å²) in [6.07, 6.45) is 1.74. The fraction of sp³-hybridized carbons (Fsp3) is 0.900. The van der Waals surface area contributed by atoms with Gasteiger partial charge in [-0.05, 0) is 33.7 Å². The Morgan fingerprint density at radius 3 is 2.25 bits per heavy atom. The summed E-state index contributed by atoms with van der Waals surface area (Å²) in [4.78, 5) is 11.3. The lowest BCUT2D eigenvalue weighted by atomic mass is 10.1. The SMILES string of the molecule is CC(C)(C)NC(=O)CNCCCS(C)(=O)=O. The highest BCUT2D eigenvalue weighted by molar-refractivity contribution is 7.90. The van der Waals surface area contributed by atoms with Crippen LogP contribution in [0.3, 0.4) is 0 Å². The maximum Gasteiger partial charge on any atom is 0.234 e. The van der Waals surface area contributed by atoms with Gasteiger partial charge in [-0.1, -0.05) is 0 Å². The third-order valence-electron chi connectivity index (χ3n) is 1.67. The van der Waals surface area contributed by atoms with Crippen LogP contribution in [-0.2, 0) is 14.6 Å². The lowest BCUT2D eigenvalue weighted by Gasteiger charge is -2.20. The average Bonchev–Trinajstić information content (AvgIpc) is 1.97. The summed E-state index contributed by atoms with van der Waals surface area (Å²) >= 11 is 0. The minimum Gasteiger partial charge on any atom is -0.350 e. The maximum absolute atomic E-state index is 11.3. The van der Waals surface area contributed by atoms with Crippen LogP contribution in [-0.4, -0.2) is 45.0 Å². The highest BCUT2D eigenvalue weighted by Gasteiger charge is 2.12. The van der Waals surface area contributed by atoms with Gasteiger partial charge in [0, 0.05) is 11.8 Å². The van der Waals surface area contributed by atoms with Gasteiger partial charge in [0.05, 0.1) is 12.3 Å². The van der Waals surface area contributed by atoms with E-state index >= 15 is 0 Å². The van der Waals surface area contributed by atoms with E-state index < -0.39 is 9.84 Å². The average molecular weight is 250 g/mol. The van der Waals surface area contributed by atoms with Gasteiger partial charge < -0.3 is 10.6 Å². The van der Waals surface area contributed by atoms with Gasteiger partial charge in [0.2, 0.25) is 5.91 Å². The third-order valence-corrected chi connectivity index (χ3v) is 2.70. The van der Waals surface area contributed by atoms with Crippen LogP contribution in [0.25, 0.3) is 0 Å². The summed E-state index contributed by atoms with van der Waals surface area (Å²) in [5.74, 6) is 0.0767. The van der Waals surface area contributed by atoms with Gasteiger partial charge in [-0.15, -0.1) is 0 Å². The van der Waals surface area contributed by atoms with Crippen molar-refractivity contribution in [3.8, 4) is 0 Å². The van der Waals surface area contributed by atoms with Crippen molar-refractivity contribution in [1.82, 2.24) is 10.6 Å². The number of hydrogen-bond acceptors (Lipinski definition) is 4. The van der Waals surface area contributed by atoms with Gasteiger partial charge in [0.15, 0.2) is 0 Å². The normalized spacial score (nSPS) is 12.5. The number of nitrogens with one attached hydrogen (secondary N) is 2. The zero-order valence-electron chi connectivity index (χ0n) is 10.5. The van der Waals surface area contributed by atoms with E-state index in [1.807, 2.05) is 20.8 Å². The Morgan fingerprint density at radius 1 is 1.25 bits per heavy atom. The molecule has 0 atom stereocenters. The lowest BCUT2D eigenvalue weighted by molar-refractivity contribution is -0.121. The summed E-state index contributed by atoms with van der Waals surface area (Å²) < 4.78 is 21.6. The molecule has 6 heteroatoms. The van der Waals surface area contributed by atoms with E-state index in [9.17, 15) is 13.2 Å². The number of carbonyl (C=O) groups excluding carboxylic acids is 1. The molecule has 0 radical (unpaired) electrons. The van der Waals surface area contributed by atoms with E-state index in [4.69, 9.17) is 0 Å². The molecule has 0 saturated carbocycles. The second-order valence-electron chi connectivity index (χ2n) is 4.96. The van der Waals surface area contributed by atoms with E-state index in [0.717, 1.165) is 0 Å². The monoisotopic (exact) mass is 250 g/mol. The molecule has 5 nitrogen and oxygen atoms in total. The minimum atomic E-state index is -2.89. The maximum atomic E-state index is 11.3. The highest BCUT2D eigenvalue weighted by Crippen LogP contribution is 1.97. The van der Waals surface area contributed by atoms with Crippen molar-refractivity contribution in [2.75, 3.05) is 25.1 Å². The third kappa shape index (κ3) is 11.5. The van der Waals surface area contributed by atoms with Crippen molar-refractivity contribution in [2.24, 2.45) is 0 Å². The predicted octanol–water partition coefficient (Wildman–Crippen LogP) is -0.0746. The summed E-state index contributed by atoms with van der Waals surface area (Å²) in [7, 11) is -2.89. The van der Waals surface area contributed by atoms with Crippen LogP contribution in [0.1, 0.15) is 27.2 Å². The first-order valence-electron chi connectivity index (χ1n) is 5.30. The molecule has 0 rings (SSSR count). The number of sulfone groups is 1. The van der Waals surface area contributed by atoms with Crippen LogP contribution < -0.4 is 10.6 Å². The van der Waals surface area contributed by atoms with Crippen LogP contribution in [0.4, 0.5) is 0 Å². The molecular weight excluding hydrogens is 228 g/mol. The molecule has 0 saturated heterocycles. The van der Waals surface area contributed by atoms with E-state index in [1.165, 1.54) is 6.26 Å². The van der Waals surface area contributed by atoms with Crippen molar-refractivity contribution in [2.45, 2.75) is 32.7 Å². The number of hydrogen-bond donors (Lipinski definition) is 2. The van der Waals surface area contributed by atoms with Crippen molar-refractivity contribution >= 4 is 15.7 Å². The van der Waals surface area contributed by atoms with Gasteiger partial charge in [-0.3, -0.25) is 4.79 Å². The summed E-state index contributed by atoms with van der Waals surface area (Å²) in [6, 6.07) is 0. The first-order chi connectivity index (χ1) is 7.10. The number of amides is 1. The van der Waals surface area contributed by atoms with Gasteiger partial charge in [0.1, 0.15) is 9.84 Å². The first kappa shape index (κ1) is 15.4. The number of carbonyl (C=O) groups is 1. The second-order valence-corrected chi connectivity index (χ2v) is 7.22. The topological polar surface area (TPSA) is 75.3 Å². The molecule has 0 bridgehead atoms. The molecule has 16 heavy (non-hydrogen) atoms. The summed E-state index contributed by atoms with van der Waals surface area (Å²) in [6.45, 7) is 6.49. The van der Waals surface area contributed by atoms with Crippen LogP contribution >= 0.6 is 0 Å². The molecular formula is C10H22N2O3S. The number of rotatable bonds is 6. The van der Waals surface area contributed by atoms with Crippen molar-refractivity contribution in [3.05, 3.63) is 0 Å². The Morgan fingerprint density at radius 2 is 1.81 bits per heavy atom. The fourth-order valence-corrected chi connectivity index (χ4v) is 1.79. The molecule has 0 heterocycles. The Kier molecular flexibility index (Phi) is 5.96. The van der Waals surface area contributed by atoms with Gasteiger partial charge in [-0.25, -0.2) is 8.42 Å². The molecule has 0 fully saturated rings. The summed E-state index contributed by atoms with van der Waals surface area (Å²) in [5.41, 5.74) is -0.231. The molecule has 0 aliphatic rings.